The first-order chi connectivity index (χ1) is 14.9. The maximum atomic E-state index is 12.7. The van der Waals surface area contributed by atoms with Crippen molar-refractivity contribution in [2.24, 2.45) is 0 Å². The van der Waals surface area contributed by atoms with E-state index in [1.54, 1.807) is 54.6 Å². The molecule has 0 atom stereocenters. The molecule has 2 heterocycles. The van der Waals surface area contributed by atoms with Crippen LogP contribution in [0.5, 0.6) is 0 Å². The maximum absolute atomic E-state index is 12.7. The molecule has 0 unspecified atom stereocenters. The third-order valence-electron chi connectivity index (χ3n) is 4.70. The van der Waals surface area contributed by atoms with E-state index in [1.165, 1.54) is 10.5 Å². The Balaban J connectivity index is 1.54. The standard InChI is InChI=1S/C21H16ClN5O3S/c22-19-6-3-16(12-18(19)20-11-14(13-23)7-8-24-20)26-21(28)15-1-4-17(5-2-15)27-10-9-25-31(27,29)30/h1-8,11-12,25H,9-10H2,(H,26,28). The number of amides is 1. The number of nitrogens with zero attached hydrogens (tertiary/aromatic N) is 3. The summed E-state index contributed by atoms with van der Waals surface area (Å²) in [5.41, 5.74) is 2.91. The van der Waals surface area contributed by atoms with E-state index in [1.807, 2.05) is 0 Å². The summed E-state index contributed by atoms with van der Waals surface area (Å²) in [6.07, 6.45) is 1.52. The quantitative estimate of drug-likeness (QED) is 0.629. The fourth-order valence-electron chi connectivity index (χ4n) is 3.17. The van der Waals surface area contributed by atoms with Crippen molar-refractivity contribution in [3.05, 3.63) is 76.9 Å². The highest BCUT2D eigenvalue weighted by Crippen LogP contribution is 2.30. The number of carbonyl (C=O) groups excluding carboxylic acids is 1. The molecule has 0 aliphatic carbocycles. The SMILES string of the molecule is N#Cc1ccnc(-c2cc(NC(=O)c3ccc(N4CCNS4(=O)=O)cc3)ccc2Cl)c1. The van der Waals surface area contributed by atoms with Gasteiger partial charge in [-0.1, -0.05) is 11.6 Å². The monoisotopic (exact) mass is 453 g/mol. The molecule has 1 amide bonds. The maximum Gasteiger partial charge on any atom is 0.301 e. The minimum absolute atomic E-state index is 0.336. The highest BCUT2D eigenvalue weighted by molar-refractivity contribution is 7.91. The lowest BCUT2D eigenvalue weighted by Gasteiger charge is -2.16. The lowest BCUT2D eigenvalue weighted by molar-refractivity contribution is 0.102. The van der Waals surface area contributed by atoms with Crippen molar-refractivity contribution in [1.29, 1.82) is 5.26 Å². The van der Waals surface area contributed by atoms with Gasteiger partial charge in [0.1, 0.15) is 0 Å². The largest absolute Gasteiger partial charge is 0.322 e. The second-order valence-electron chi connectivity index (χ2n) is 6.71. The fourth-order valence-corrected chi connectivity index (χ4v) is 4.62. The molecule has 8 nitrogen and oxygen atoms in total. The predicted molar refractivity (Wildman–Crippen MR) is 118 cm³/mol. The zero-order chi connectivity index (χ0) is 22.0. The second-order valence-corrected chi connectivity index (χ2v) is 8.80. The van der Waals surface area contributed by atoms with E-state index >= 15 is 0 Å². The number of benzene rings is 2. The van der Waals surface area contributed by atoms with Gasteiger partial charge < -0.3 is 5.32 Å². The third-order valence-corrected chi connectivity index (χ3v) is 6.57. The number of carbonyl (C=O) groups is 1. The van der Waals surface area contributed by atoms with E-state index in [9.17, 15) is 13.2 Å². The van der Waals surface area contributed by atoms with Gasteiger partial charge in [-0.05, 0) is 54.6 Å². The number of pyridine rings is 1. The van der Waals surface area contributed by atoms with Crippen LogP contribution < -0.4 is 14.3 Å². The Morgan fingerprint density at radius 3 is 2.61 bits per heavy atom. The van der Waals surface area contributed by atoms with Gasteiger partial charge in [-0.25, -0.2) is 0 Å². The second kappa shape index (κ2) is 8.35. The summed E-state index contributed by atoms with van der Waals surface area (Å²) in [7, 11) is -3.52. The first kappa shape index (κ1) is 20.8. The molecule has 2 aromatic carbocycles. The van der Waals surface area contributed by atoms with Gasteiger partial charge in [0.05, 0.1) is 28.0 Å². The fraction of sp³-hybridized carbons (Fsp3) is 0.0952. The summed E-state index contributed by atoms with van der Waals surface area (Å²) in [5, 5.41) is 12.3. The van der Waals surface area contributed by atoms with Crippen LogP contribution in [0, 0.1) is 11.3 Å². The van der Waals surface area contributed by atoms with Crippen molar-refractivity contribution in [3.63, 3.8) is 0 Å². The first-order valence-electron chi connectivity index (χ1n) is 9.22. The number of hydrogen-bond acceptors (Lipinski definition) is 5. The average molecular weight is 454 g/mol. The summed E-state index contributed by atoms with van der Waals surface area (Å²) < 4.78 is 27.6. The number of nitriles is 1. The van der Waals surface area contributed by atoms with Crippen molar-refractivity contribution in [3.8, 4) is 17.3 Å². The minimum atomic E-state index is -3.52. The molecule has 3 aromatic rings. The molecule has 1 aliphatic rings. The molecule has 0 bridgehead atoms. The number of aromatic nitrogens is 1. The minimum Gasteiger partial charge on any atom is -0.322 e. The van der Waals surface area contributed by atoms with Gasteiger partial charge in [-0.2, -0.15) is 18.4 Å². The van der Waals surface area contributed by atoms with Crippen LogP contribution in [0.3, 0.4) is 0 Å². The van der Waals surface area contributed by atoms with E-state index in [0.29, 0.717) is 51.9 Å². The van der Waals surface area contributed by atoms with Gasteiger partial charge in [0.2, 0.25) is 0 Å². The van der Waals surface area contributed by atoms with Crippen LogP contribution in [0.4, 0.5) is 11.4 Å². The topological polar surface area (TPSA) is 115 Å². The zero-order valence-corrected chi connectivity index (χ0v) is 17.6. The molecule has 1 fully saturated rings. The Kier molecular flexibility index (Phi) is 5.61. The van der Waals surface area contributed by atoms with E-state index in [-0.39, 0.29) is 5.91 Å². The van der Waals surface area contributed by atoms with Gasteiger partial charge in [-0.3, -0.25) is 14.1 Å². The Morgan fingerprint density at radius 2 is 1.94 bits per heavy atom. The highest BCUT2D eigenvalue weighted by Gasteiger charge is 2.27. The van der Waals surface area contributed by atoms with Gasteiger partial charge >= 0.3 is 10.2 Å². The first-order valence-corrected chi connectivity index (χ1v) is 11.0. The van der Waals surface area contributed by atoms with Crippen LogP contribution in [0.1, 0.15) is 15.9 Å². The van der Waals surface area contributed by atoms with Gasteiger partial charge in [0.25, 0.3) is 5.91 Å². The summed E-state index contributed by atoms with van der Waals surface area (Å²) in [5.74, 6) is -0.360. The molecule has 0 radical (unpaired) electrons. The van der Waals surface area contributed by atoms with Crippen LogP contribution in [0.25, 0.3) is 11.3 Å². The number of anilines is 2. The molecule has 0 spiro atoms. The molecule has 2 N–H and O–H groups in total. The lowest BCUT2D eigenvalue weighted by Crippen LogP contribution is -2.29. The van der Waals surface area contributed by atoms with Gasteiger partial charge in [0, 0.05) is 36.1 Å². The van der Waals surface area contributed by atoms with Crippen LogP contribution >= 0.6 is 11.6 Å². The third kappa shape index (κ3) is 4.36. The molecule has 1 saturated heterocycles. The van der Waals surface area contributed by atoms with Gasteiger partial charge in [-0.15, -0.1) is 0 Å². The summed E-state index contributed by atoms with van der Waals surface area (Å²) in [6.45, 7) is 0.679. The van der Waals surface area contributed by atoms with Crippen LogP contribution in [0.2, 0.25) is 5.02 Å². The molecule has 31 heavy (non-hydrogen) atoms. The van der Waals surface area contributed by atoms with Crippen molar-refractivity contribution >= 4 is 39.1 Å². The normalized spacial score (nSPS) is 14.8. The highest BCUT2D eigenvalue weighted by atomic mass is 35.5. The molecular formula is C21H16ClN5O3S. The summed E-state index contributed by atoms with van der Waals surface area (Å²) in [6, 6.07) is 16.6. The Bertz CT molecular complexity index is 1300. The molecule has 1 aliphatic heterocycles. The van der Waals surface area contributed by atoms with E-state index in [0.717, 1.165) is 0 Å². The molecule has 0 saturated carbocycles. The van der Waals surface area contributed by atoms with Crippen molar-refractivity contribution in [1.82, 2.24) is 9.71 Å². The Hall–Kier alpha value is -3.45. The van der Waals surface area contributed by atoms with E-state index in [4.69, 9.17) is 16.9 Å². The summed E-state index contributed by atoms with van der Waals surface area (Å²) >= 11 is 6.29. The predicted octanol–water partition coefficient (Wildman–Crippen LogP) is 3.18. The zero-order valence-electron chi connectivity index (χ0n) is 16.0. The van der Waals surface area contributed by atoms with Gasteiger partial charge in [0.15, 0.2) is 0 Å². The van der Waals surface area contributed by atoms with Crippen LogP contribution in [-0.4, -0.2) is 32.4 Å². The van der Waals surface area contributed by atoms with E-state index < -0.39 is 10.2 Å². The van der Waals surface area contributed by atoms with Crippen molar-refractivity contribution < 1.29 is 13.2 Å². The van der Waals surface area contributed by atoms with Crippen molar-refractivity contribution in [2.75, 3.05) is 22.7 Å². The van der Waals surface area contributed by atoms with Crippen LogP contribution in [0.15, 0.2) is 60.8 Å². The average Bonchev–Trinajstić information content (AvgIpc) is 3.14. The number of nitrogens with one attached hydrogen (secondary N) is 2. The van der Waals surface area contributed by atoms with Crippen LogP contribution in [-0.2, 0) is 10.2 Å². The molecule has 10 heteroatoms. The molecule has 156 valence electrons. The van der Waals surface area contributed by atoms with E-state index in [2.05, 4.69) is 21.1 Å². The smallest absolute Gasteiger partial charge is 0.301 e. The molecular weight excluding hydrogens is 438 g/mol. The number of rotatable bonds is 4. The molecule has 1 aromatic heterocycles. The Labute approximate surface area is 184 Å². The molecule has 4 rings (SSSR count). The number of halogens is 1. The van der Waals surface area contributed by atoms with Crippen molar-refractivity contribution in [2.45, 2.75) is 0 Å². The Morgan fingerprint density at radius 1 is 1.16 bits per heavy atom. The lowest BCUT2D eigenvalue weighted by atomic mass is 10.1. The summed E-state index contributed by atoms with van der Waals surface area (Å²) in [4.78, 5) is 16.9. The number of hydrogen-bond donors (Lipinski definition) is 2.